The number of aromatic nitrogens is 1. The minimum atomic E-state index is -1.19. The number of hydrogen-bond acceptors (Lipinski definition) is 6. The van der Waals surface area contributed by atoms with E-state index >= 15 is 0 Å². The van der Waals surface area contributed by atoms with Gasteiger partial charge in [-0.15, -0.1) is 0 Å². The van der Waals surface area contributed by atoms with Crippen LogP contribution in [0.3, 0.4) is 0 Å². The van der Waals surface area contributed by atoms with Crippen LogP contribution in [0.25, 0.3) is 10.9 Å². The van der Waals surface area contributed by atoms with Gasteiger partial charge in [0.05, 0.1) is 19.7 Å². The highest BCUT2D eigenvalue weighted by molar-refractivity contribution is 6.14. The predicted molar refractivity (Wildman–Crippen MR) is 146 cm³/mol. The van der Waals surface area contributed by atoms with E-state index in [2.05, 4.69) is 15.6 Å². The molecule has 0 spiro atoms. The maximum absolute atomic E-state index is 13.4. The normalized spacial score (nSPS) is 14.0. The number of benzene rings is 3. The van der Waals surface area contributed by atoms with E-state index in [-0.39, 0.29) is 11.8 Å². The molecular weight excluding hydrogens is 501 g/mol. The second-order valence-corrected chi connectivity index (χ2v) is 9.36. The quantitative estimate of drug-likeness (QED) is 0.259. The molecule has 39 heavy (non-hydrogen) atoms. The first-order valence-electron chi connectivity index (χ1n) is 12.6. The van der Waals surface area contributed by atoms with Crippen LogP contribution < -0.4 is 24.8 Å². The Morgan fingerprint density at radius 1 is 0.795 bits per heavy atom. The van der Waals surface area contributed by atoms with Crippen molar-refractivity contribution >= 4 is 34.1 Å². The molecule has 2 N–H and O–H groups in total. The van der Waals surface area contributed by atoms with Crippen molar-refractivity contribution in [1.29, 1.82) is 0 Å². The summed E-state index contributed by atoms with van der Waals surface area (Å²) in [7, 11) is 3.13. The Hall–Kier alpha value is -4.66. The number of ether oxygens (including phenoxy) is 3. The monoisotopic (exact) mass is 529 g/mol. The fraction of sp³-hybridized carbons (Fsp3) is 0.233. The largest absolute Gasteiger partial charge is 0.493 e. The fourth-order valence-electron chi connectivity index (χ4n) is 4.84. The van der Waals surface area contributed by atoms with Crippen LogP contribution in [0, 0.1) is 11.2 Å². The van der Waals surface area contributed by atoms with Gasteiger partial charge >= 0.3 is 0 Å². The molecule has 0 radical (unpaired) electrons. The van der Waals surface area contributed by atoms with Gasteiger partial charge < -0.3 is 24.8 Å². The molecule has 0 unspecified atom stereocenters. The molecule has 0 atom stereocenters. The van der Waals surface area contributed by atoms with Gasteiger partial charge in [-0.1, -0.05) is 12.8 Å². The number of amides is 2. The maximum atomic E-state index is 13.4. The van der Waals surface area contributed by atoms with E-state index in [1.807, 2.05) is 6.07 Å². The Balaban J connectivity index is 1.31. The number of hydrogen-bond donors (Lipinski definition) is 2. The molecule has 200 valence electrons. The highest BCUT2D eigenvalue weighted by Gasteiger charge is 2.48. The summed E-state index contributed by atoms with van der Waals surface area (Å²) in [6, 6.07) is 17.8. The lowest BCUT2D eigenvalue weighted by atomic mass is 9.83. The van der Waals surface area contributed by atoms with Crippen molar-refractivity contribution in [3.63, 3.8) is 0 Å². The van der Waals surface area contributed by atoms with Crippen LogP contribution in [0.1, 0.15) is 25.7 Å². The SMILES string of the molecule is COc1cc2nccc(Oc3ccc(NC(=O)C4(C(=O)Nc5ccc(F)cc5)CCCC4)cc3)c2cc1OC. The molecule has 3 aromatic carbocycles. The molecule has 2 amide bonds. The van der Waals surface area contributed by atoms with Crippen molar-refractivity contribution in [2.45, 2.75) is 25.7 Å². The lowest BCUT2D eigenvalue weighted by molar-refractivity contribution is -0.136. The van der Waals surface area contributed by atoms with Crippen molar-refractivity contribution in [1.82, 2.24) is 4.98 Å². The predicted octanol–water partition coefficient (Wildman–Crippen LogP) is 6.32. The third kappa shape index (κ3) is 5.34. The van der Waals surface area contributed by atoms with E-state index in [4.69, 9.17) is 14.2 Å². The molecule has 1 heterocycles. The highest BCUT2D eigenvalue weighted by Crippen LogP contribution is 2.41. The average Bonchev–Trinajstić information content (AvgIpc) is 3.46. The third-order valence-electron chi connectivity index (χ3n) is 6.98. The lowest BCUT2D eigenvalue weighted by Gasteiger charge is -2.26. The van der Waals surface area contributed by atoms with Crippen LogP contribution in [-0.2, 0) is 9.59 Å². The molecule has 0 bridgehead atoms. The molecule has 1 fully saturated rings. The summed E-state index contributed by atoms with van der Waals surface area (Å²) in [6.07, 6.45) is 4.07. The van der Waals surface area contributed by atoms with E-state index in [0.29, 0.717) is 52.7 Å². The number of halogens is 1. The molecule has 0 saturated heterocycles. The van der Waals surface area contributed by atoms with Gasteiger partial charge in [0, 0.05) is 29.0 Å². The van der Waals surface area contributed by atoms with Crippen molar-refractivity contribution in [2.24, 2.45) is 5.41 Å². The van der Waals surface area contributed by atoms with Crippen molar-refractivity contribution in [3.05, 3.63) is 78.7 Å². The molecule has 1 aliphatic rings. The first kappa shape index (κ1) is 26.0. The Morgan fingerprint density at radius 3 is 1.95 bits per heavy atom. The number of nitrogens with one attached hydrogen (secondary N) is 2. The van der Waals surface area contributed by atoms with E-state index in [1.165, 1.54) is 24.3 Å². The summed E-state index contributed by atoms with van der Waals surface area (Å²) in [6.45, 7) is 0. The summed E-state index contributed by atoms with van der Waals surface area (Å²) in [4.78, 5) is 31.0. The molecule has 1 saturated carbocycles. The standard InChI is InChI=1S/C30H28FN3O5/c1-37-26-17-23-24(18-27(26)38-2)32-16-13-25(23)39-22-11-9-21(10-12-22)34-29(36)30(14-3-4-15-30)28(35)33-20-7-5-19(31)6-8-20/h5-13,16-18H,3-4,14-15H2,1-2H3,(H,33,35)(H,34,36). The Bertz CT molecular complexity index is 1500. The van der Waals surface area contributed by atoms with Gasteiger partial charge in [-0.05, 0) is 73.5 Å². The van der Waals surface area contributed by atoms with Gasteiger partial charge in [-0.2, -0.15) is 0 Å². The van der Waals surface area contributed by atoms with Crippen LogP contribution in [0.4, 0.5) is 15.8 Å². The van der Waals surface area contributed by atoms with Gasteiger partial charge in [-0.3, -0.25) is 14.6 Å². The van der Waals surface area contributed by atoms with Gasteiger partial charge in [-0.25, -0.2) is 4.39 Å². The zero-order valence-corrected chi connectivity index (χ0v) is 21.6. The number of rotatable bonds is 8. The van der Waals surface area contributed by atoms with E-state index < -0.39 is 11.2 Å². The molecule has 0 aliphatic heterocycles. The number of carbonyl (C=O) groups is 2. The number of nitrogens with zero attached hydrogens (tertiary/aromatic N) is 1. The van der Waals surface area contributed by atoms with Gasteiger partial charge in [0.2, 0.25) is 11.8 Å². The summed E-state index contributed by atoms with van der Waals surface area (Å²) in [5.74, 6) is 1.12. The van der Waals surface area contributed by atoms with E-state index in [1.54, 1.807) is 56.8 Å². The van der Waals surface area contributed by atoms with Crippen LogP contribution in [0.2, 0.25) is 0 Å². The zero-order chi connectivity index (χ0) is 27.4. The minimum Gasteiger partial charge on any atom is -0.493 e. The van der Waals surface area contributed by atoms with Crippen molar-refractivity contribution < 1.29 is 28.2 Å². The fourth-order valence-corrected chi connectivity index (χ4v) is 4.84. The number of fused-ring (bicyclic) bond motifs is 1. The number of pyridine rings is 1. The lowest BCUT2D eigenvalue weighted by Crippen LogP contribution is -2.44. The van der Waals surface area contributed by atoms with Gasteiger partial charge in [0.25, 0.3) is 0 Å². The molecule has 4 aromatic rings. The molecule has 9 heteroatoms. The van der Waals surface area contributed by atoms with Crippen LogP contribution >= 0.6 is 0 Å². The molecular formula is C30H28FN3O5. The number of anilines is 2. The van der Waals surface area contributed by atoms with Crippen LogP contribution in [-0.4, -0.2) is 31.0 Å². The van der Waals surface area contributed by atoms with Crippen molar-refractivity contribution in [3.8, 4) is 23.0 Å². The summed E-state index contributed by atoms with van der Waals surface area (Å²) in [5.41, 5.74) is 0.482. The topological polar surface area (TPSA) is 98.8 Å². The third-order valence-corrected chi connectivity index (χ3v) is 6.98. The smallest absolute Gasteiger partial charge is 0.240 e. The Morgan fingerprint density at radius 2 is 1.36 bits per heavy atom. The summed E-state index contributed by atoms with van der Waals surface area (Å²) in [5, 5.41) is 6.42. The average molecular weight is 530 g/mol. The van der Waals surface area contributed by atoms with E-state index in [0.717, 1.165) is 18.2 Å². The second-order valence-electron chi connectivity index (χ2n) is 9.36. The zero-order valence-electron chi connectivity index (χ0n) is 21.6. The molecule has 8 nitrogen and oxygen atoms in total. The number of methoxy groups -OCH3 is 2. The van der Waals surface area contributed by atoms with Gasteiger partial charge in [0.15, 0.2) is 11.5 Å². The van der Waals surface area contributed by atoms with Crippen molar-refractivity contribution in [2.75, 3.05) is 24.9 Å². The molecule has 1 aliphatic carbocycles. The first-order valence-corrected chi connectivity index (χ1v) is 12.6. The van der Waals surface area contributed by atoms with Crippen LogP contribution in [0.5, 0.6) is 23.0 Å². The summed E-state index contributed by atoms with van der Waals surface area (Å²) < 4.78 is 30.1. The first-order chi connectivity index (χ1) is 18.9. The minimum absolute atomic E-state index is 0.366. The summed E-state index contributed by atoms with van der Waals surface area (Å²) >= 11 is 0. The Kier molecular flexibility index (Phi) is 7.31. The van der Waals surface area contributed by atoms with Crippen LogP contribution in [0.15, 0.2) is 72.9 Å². The molecule has 5 rings (SSSR count). The maximum Gasteiger partial charge on any atom is 0.240 e. The highest BCUT2D eigenvalue weighted by atomic mass is 19.1. The van der Waals surface area contributed by atoms with Gasteiger partial charge in [0.1, 0.15) is 22.7 Å². The Labute approximate surface area is 225 Å². The second kappa shape index (κ2) is 11.0. The number of carbonyl (C=O) groups excluding carboxylic acids is 2. The molecule has 1 aromatic heterocycles. The van der Waals surface area contributed by atoms with E-state index in [9.17, 15) is 14.0 Å².